The number of nitrogens with one attached hydrogen (secondary N) is 4. The molecule has 0 aliphatic heterocycles. The van der Waals surface area contributed by atoms with Crippen molar-refractivity contribution in [2.24, 2.45) is 0 Å². The van der Waals surface area contributed by atoms with E-state index in [-0.39, 0.29) is 81.9 Å². The van der Waals surface area contributed by atoms with Gasteiger partial charge < -0.3 is 45.0 Å². The van der Waals surface area contributed by atoms with Crippen molar-refractivity contribution < 1.29 is 88.4 Å². The Kier molecular flexibility index (Phi) is 15.5. The standard InChI is InChI=1S/C35H33N11O6S2.2Na/c1-43(24-10-3-7-21(15-24)31(47)38-23-9-5-12-26(17-23)45-19-37-39-34(45)53)29(32(48)49)30(33(50)51)44(2)25-11-6-14-28(18-25)52-20-36-22-8-4-13-27(16-22)46-35(54)40-41-42-46;;/h3-19,29-30,36H,20H2,1-2H3,(H,38,47)(H,39,53)(H,48,49)(H,50,51)(H,40,42,54);;/q;2*+1/p-2. The van der Waals surface area contributed by atoms with E-state index >= 15 is 0 Å². The van der Waals surface area contributed by atoms with Gasteiger partial charge in [0.15, 0.2) is 11.5 Å². The van der Waals surface area contributed by atoms with E-state index in [1.54, 1.807) is 71.3 Å². The Morgan fingerprint density at radius 1 is 0.821 bits per heavy atom. The van der Waals surface area contributed by atoms with Gasteiger partial charge in [-0.3, -0.25) is 14.5 Å². The monoisotopic (exact) mass is 811 g/mol. The SMILES string of the molecule is CN(c1cccc(OCNc2cccc(-n3[nH]nnc3=S)c2)c1)C(C(=O)[O-])C(C(=O)[O-])N(C)c1cccc(C(=O)Nc2cccc(-n3cn[nH]c3=S)c2)c1.[Na+].[Na+]. The first-order valence-electron chi connectivity index (χ1n) is 16.1. The van der Waals surface area contributed by atoms with Crippen molar-refractivity contribution in [1.82, 2.24) is 35.0 Å². The minimum Gasteiger partial charge on any atom is -0.548 e. The number of aromatic amines is 2. The quantitative estimate of drug-likeness (QED) is 0.0443. The van der Waals surface area contributed by atoms with Crippen LogP contribution in [-0.4, -0.2) is 85.7 Å². The number of nitrogens with zero attached hydrogens (tertiary/aromatic N) is 7. The fourth-order valence-electron chi connectivity index (χ4n) is 5.67. The number of rotatable bonds is 15. The third kappa shape index (κ3) is 10.3. The van der Waals surface area contributed by atoms with Gasteiger partial charge in [-0.2, -0.15) is 10.3 Å². The Morgan fingerprint density at radius 3 is 2.05 bits per heavy atom. The topological polar surface area (TPSA) is 217 Å². The second-order valence-corrected chi connectivity index (χ2v) is 12.5. The van der Waals surface area contributed by atoms with Crippen LogP contribution in [0, 0.1) is 9.54 Å². The Balaban J connectivity index is 0.00000348. The zero-order chi connectivity index (χ0) is 38.4. The van der Waals surface area contributed by atoms with E-state index in [9.17, 15) is 24.6 Å². The molecule has 2 atom stereocenters. The van der Waals surface area contributed by atoms with Crippen molar-refractivity contribution in [3.05, 3.63) is 118 Å². The van der Waals surface area contributed by atoms with Gasteiger partial charge in [0.2, 0.25) is 4.77 Å². The molecule has 276 valence electrons. The molecule has 0 spiro atoms. The van der Waals surface area contributed by atoms with Gasteiger partial charge in [-0.1, -0.05) is 34.6 Å². The number of tetrazole rings is 1. The van der Waals surface area contributed by atoms with E-state index in [2.05, 4.69) is 36.4 Å². The number of hydrogen-bond donors (Lipinski definition) is 4. The van der Waals surface area contributed by atoms with Crippen LogP contribution in [0.3, 0.4) is 0 Å². The zero-order valence-electron chi connectivity index (χ0n) is 30.6. The van der Waals surface area contributed by atoms with Gasteiger partial charge in [-0.15, -0.1) is 0 Å². The third-order valence-corrected chi connectivity index (χ3v) is 8.93. The van der Waals surface area contributed by atoms with Crippen molar-refractivity contribution in [2.45, 2.75) is 12.1 Å². The molecule has 56 heavy (non-hydrogen) atoms. The number of hydrogen-bond acceptors (Lipinski definition) is 14. The van der Waals surface area contributed by atoms with Gasteiger partial charge in [0.1, 0.15) is 12.1 Å². The van der Waals surface area contributed by atoms with Crippen LogP contribution in [0.5, 0.6) is 5.75 Å². The van der Waals surface area contributed by atoms with E-state index in [4.69, 9.17) is 29.2 Å². The number of aromatic nitrogens is 7. The minimum atomic E-state index is -1.76. The zero-order valence-corrected chi connectivity index (χ0v) is 36.2. The maximum atomic E-state index is 13.3. The predicted octanol–water partition coefficient (Wildman–Crippen LogP) is -3.91. The molecule has 4 aromatic carbocycles. The first-order chi connectivity index (χ1) is 26.0. The molecule has 0 saturated heterocycles. The summed E-state index contributed by atoms with van der Waals surface area (Å²) in [6, 6.07) is 23.3. The summed E-state index contributed by atoms with van der Waals surface area (Å²) in [6.07, 6.45) is 1.51. The molecule has 2 unspecified atom stereocenters. The molecule has 0 fully saturated rings. The van der Waals surface area contributed by atoms with Crippen LogP contribution in [0.25, 0.3) is 11.4 Å². The van der Waals surface area contributed by atoms with Gasteiger partial charge in [-0.25, -0.2) is 4.68 Å². The smallest absolute Gasteiger partial charge is 0.548 e. The summed E-state index contributed by atoms with van der Waals surface area (Å²) in [4.78, 5) is 41.1. The van der Waals surface area contributed by atoms with Gasteiger partial charge in [0.05, 0.1) is 35.4 Å². The van der Waals surface area contributed by atoms with Crippen LogP contribution in [0.4, 0.5) is 22.7 Å². The summed E-state index contributed by atoms with van der Waals surface area (Å²) in [5.74, 6) is -3.45. The molecule has 2 aromatic heterocycles. The Bertz CT molecular complexity index is 2440. The molecule has 2 heterocycles. The molecular weight excluding hydrogens is 781 g/mol. The number of carbonyl (C=O) groups is 3. The molecule has 6 aromatic rings. The van der Waals surface area contributed by atoms with Crippen LogP contribution in [0.15, 0.2) is 103 Å². The molecule has 0 radical (unpaired) electrons. The van der Waals surface area contributed by atoms with Crippen LogP contribution in [0.2, 0.25) is 0 Å². The number of aliphatic carboxylic acids is 2. The number of ether oxygens (including phenoxy) is 1. The summed E-state index contributed by atoms with van der Waals surface area (Å²) in [5.41, 5.74) is 3.31. The third-order valence-electron chi connectivity index (χ3n) is 8.38. The molecule has 0 aliphatic carbocycles. The summed E-state index contributed by atoms with van der Waals surface area (Å²) in [7, 11) is 2.83. The number of carboxylic acid groups (broad SMARTS) is 2. The van der Waals surface area contributed by atoms with Crippen LogP contribution in [-0.2, 0) is 9.59 Å². The maximum absolute atomic E-state index is 13.3. The van der Waals surface area contributed by atoms with Crippen LogP contribution in [0.1, 0.15) is 10.4 Å². The summed E-state index contributed by atoms with van der Waals surface area (Å²) in [5, 5.41) is 48.0. The van der Waals surface area contributed by atoms with Gasteiger partial charge in [0.25, 0.3) is 5.91 Å². The number of likely N-dealkylation sites (N-methyl/N-ethyl adjacent to an activating group) is 2. The molecule has 0 aliphatic rings. The normalized spacial score (nSPS) is 11.5. The van der Waals surface area contributed by atoms with Crippen molar-refractivity contribution in [3.63, 3.8) is 0 Å². The number of H-pyrrole nitrogens is 2. The molecule has 17 nitrogen and oxygen atoms in total. The van der Waals surface area contributed by atoms with E-state index in [0.29, 0.717) is 39.0 Å². The molecule has 0 bridgehead atoms. The maximum Gasteiger partial charge on any atom is 1.00 e. The van der Waals surface area contributed by atoms with E-state index in [1.807, 2.05) is 24.3 Å². The molecule has 6 rings (SSSR count). The van der Waals surface area contributed by atoms with Crippen molar-refractivity contribution in [1.29, 1.82) is 0 Å². The van der Waals surface area contributed by atoms with Crippen molar-refractivity contribution >= 4 is 65.0 Å². The molecule has 4 N–H and O–H groups in total. The second kappa shape index (κ2) is 19.8. The number of benzene rings is 4. The van der Waals surface area contributed by atoms with E-state index in [1.165, 1.54) is 41.0 Å². The second-order valence-electron chi connectivity index (χ2n) is 11.8. The van der Waals surface area contributed by atoms with Crippen LogP contribution < -0.4 is 94.5 Å². The summed E-state index contributed by atoms with van der Waals surface area (Å²) < 4.78 is 9.68. The Hall–Kier alpha value is -4.86. The molecular formula is C35H31N11Na2O6S2. The fourth-order valence-corrected chi connectivity index (χ4v) is 6.06. The molecule has 1 amide bonds. The van der Waals surface area contributed by atoms with Gasteiger partial charge >= 0.3 is 59.1 Å². The summed E-state index contributed by atoms with van der Waals surface area (Å²) >= 11 is 10.4. The molecule has 0 saturated carbocycles. The predicted molar refractivity (Wildman–Crippen MR) is 200 cm³/mol. The number of amides is 1. The average molecular weight is 812 g/mol. The fraction of sp³-hybridized carbons (Fsp3) is 0.143. The van der Waals surface area contributed by atoms with Crippen molar-refractivity contribution in [3.8, 4) is 17.1 Å². The minimum absolute atomic E-state index is 0. The van der Waals surface area contributed by atoms with Gasteiger partial charge in [-0.05, 0) is 91.2 Å². The van der Waals surface area contributed by atoms with Crippen molar-refractivity contribution in [2.75, 3.05) is 41.3 Å². The number of carbonyl (C=O) groups excluding carboxylic acids is 3. The Labute approximate surface area is 374 Å². The van der Waals surface area contributed by atoms with E-state index in [0.717, 1.165) is 0 Å². The average Bonchev–Trinajstić information content (AvgIpc) is 3.81. The number of anilines is 4. The summed E-state index contributed by atoms with van der Waals surface area (Å²) in [6.45, 7) is 0.0335. The number of carboxylic acids is 2. The Morgan fingerprint density at radius 2 is 1.43 bits per heavy atom. The molecule has 21 heteroatoms. The van der Waals surface area contributed by atoms with Crippen LogP contribution >= 0.6 is 24.4 Å². The van der Waals surface area contributed by atoms with Gasteiger partial charge in [0, 0.05) is 48.5 Å². The first-order valence-corrected chi connectivity index (χ1v) is 16.9. The first kappa shape index (κ1) is 43.9. The van der Waals surface area contributed by atoms with E-state index < -0.39 is 29.9 Å². The largest absolute Gasteiger partial charge is 1.00 e.